The highest BCUT2D eigenvalue weighted by Gasteiger charge is 2.26. The van der Waals surface area contributed by atoms with Gasteiger partial charge in [0.2, 0.25) is 0 Å². The third kappa shape index (κ3) is 2.78. The molecule has 2 aromatic rings. The minimum Gasteiger partial charge on any atom is -0.377 e. The summed E-state index contributed by atoms with van der Waals surface area (Å²) in [5, 5.41) is 6.64. The number of rotatable bonds is 2. The summed E-state index contributed by atoms with van der Waals surface area (Å²) in [5.74, 6) is 0. The van der Waals surface area contributed by atoms with E-state index >= 15 is 0 Å². The number of aryl methyl sites for hydroxylation is 2. The highest BCUT2D eigenvalue weighted by molar-refractivity contribution is 9.10. The monoisotopic (exact) mass is 367 g/mol. The number of fused-ring (bicyclic) bond motifs is 1. The molecule has 0 bridgehead atoms. The summed E-state index contributed by atoms with van der Waals surface area (Å²) >= 11 is 7.58. The number of anilines is 1. The number of nitrogens with one attached hydrogen (secondary N) is 1. The molecule has 1 aliphatic heterocycles. The van der Waals surface area contributed by atoms with Gasteiger partial charge in [-0.05, 0) is 70.4 Å². The van der Waals surface area contributed by atoms with E-state index in [1.165, 1.54) is 33.0 Å². The number of benzene rings is 1. The lowest BCUT2D eigenvalue weighted by Gasteiger charge is -2.29. The predicted octanol–water partition coefficient (Wildman–Crippen LogP) is 6.16. The average molecular weight is 368 g/mol. The maximum Gasteiger partial charge on any atom is 0.0653 e. The molecule has 0 spiro atoms. The smallest absolute Gasteiger partial charge is 0.0653 e. The first kappa shape index (κ1) is 14.5. The van der Waals surface area contributed by atoms with E-state index in [0.29, 0.717) is 11.3 Å². The van der Waals surface area contributed by atoms with Crippen LogP contribution in [0.1, 0.15) is 36.1 Å². The summed E-state index contributed by atoms with van der Waals surface area (Å²) in [6, 6.07) is 7.12. The summed E-state index contributed by atoms with van der Waals surface area (Å²) in [5.41, 5.74) is 5.30. The second kappa shape index (κ2) is 5.74. The van der Waals surface area contributed by atoms with Crippen LogP contribution in [0.15, 0.2) is 32.3 Å². The first-order valence-electron chi connectivity index (χ1n) is 6.82. The van der Waals surface area contributed by atoms with Gasteiger partial charge in [-0.3, -0.25) is 0 Å². The van der Waals surface area contributed by atoms with E-state index in [4.69, 9.17) is 0 Å². The normalized spacial score (nSPS) is 21.6. The highest BCUT2D eigenvalue weighted by atomic mass is 79.9. The Hall–Kier alpha value is -0.450. The molecule has 0 saturated heterocycles. The van der Waals surface area contributed by atoms with Crippen molar-refractivity contribution in [3.63, 3.8) is 0 Å². The minimum absolute atomic E-state index is 0.421. The lowest BCUT2D eigenvalue weighted by atomic mass is 10.0. The van der Waals surface area contributed by atoms with Crippen molar-refractivity contribution in [1.29, 1.82) is 0 Å². The molecule has 106 valence electrons. The zero-order chi connectivity index (χ0) is 14.3. The van der Waals surface area contributed by atoms with Crippen LogP contribution < -0.4 is 5.32 Å². The Kier molecular flexibility index (Phi) is 4.16. The van der Waals surface area contributed by atoms with Gasteiger partial charge >= 0.3 is 0 Å². The van der Waals surface area contributed by atoms with Crippen molar-refractivity contribution in [1.82, 2.24) is 0 Å². The van der Waals surface area contributed by atoms with Gasteiger partial charge in [-0.15, -0.1) is 23.1 Å². The molecule has 0 aliphatic carbocycles. The van der Waals surface area contributed by atoms with Gasteiger partial charge in [0.05, 0.1) is 15.9 Å². The molecule has 1 N–H and O–H groups in total. The zero-order valence-electron chi connectivity index (χ0n) is 11.9. The van der Waals surface area contributed by atoms with Crippen LogP contribution in [0.4, 0.5) is 5.69 Å². The van der Waals surface area contributed by atoms with Crippen LogP contribution in [-0.4, -0.2) is 5.25 Å². The van der Waals surface area contributed by atoms with E-state index in [-0.39, 0.29) is 0 Å². The summed E-state index contributed by atoms with van der Waals surface area (Å²) < 4.78 is 2.64. The third-order valence-electron chi connectivity index (χ3n) is 3.66. The van der Waals surface area contributed by atoms with Crippen LogP contribution in [0.3, 0.4) is 0 Å². The summed E-state index contributed by atoms with van der Waals surface area (Å²) in [7, 11) is 0. The van der Waals surface area contributed by atoms with Gasteiger partial charge in [-0.2, -0.15) is 0 Å². The fourth-order valence-corrected chi connectivity index (χ4v) is 6.11. The number of thiophene rings is 1. The maximum absolute atomic E-state index is 3.76. The molecule has 2 atom stereocenters. The van der Waals surface area contributed by atoms with Crippen LogP contribution in [0.2, 0.25) is 0 Å². The van der Waals surface area contributed by atoms with Crippen molar-refractivity contribution >= 4 is 44.7 Å². The maximum atomic E-state index is 3.76. The molecule has 1 aromatic heterocycles. The second-order valence-corrected chi connectivity index (χ2v) is 8.94. The predicted molar refractivity (Wildman–Crippen MR) is 94.2 cm³/mol. The molecule has 0 amide bonds. The first-order chi connectivity index (χ1) is 9.54. The lowest BCUT2D eigenvalue weighted by Crippen LogP contribution is -2.19. The van der Waals surface area contributed by atoms with E-state index in [1.807, 2.05) is 23.1 Å². The Morgan fingerprint density at radius 1 is 1.30 bits per heavy atom. The standard InChI is InChI=1S/C16H18BrNS2/c1-9-6-10(2)15(13(17)7-9)18-14-8-11(3)20-16-12(14)4-5-19-16/h4-7,11,14,18H,8H2,1-3H3/t11-,14?/m0/s1. The molecule has 4 heteroatoms. The molecule has 20 heavy (non-hydrogen) atoms. The molecule has 2 heterocycles. The molecule has 1 aromatic carbocycles. The Morgan fingerprint density at radius 3 is 2.85 bits per heavy atom. The largest absolute Gasteiger partial charge is 0.377 e. The molecule has 0 radical (unpaired) electrons. The van der Waals surface area contributed by atoms with Crippen LogP contribution in [0.25, 0.3) is 0 Å². The van der Waals surface area contributed by atoms with Gasteiger partial charge in [-0.1, -0.05) is 13.0 Å². The Morgan fingerprint density at radius 2 is 2.10 bits per heavy atom. The van der Waals surface area contributed by atoms with Gasteiger partial charge in [0.1, 0.15) is 0 Å². The second-order valence-electron chi connectivity index (χ2n) is 5.46. The minimum atomic E-state index is 0.421. The molecular weight excluding hydrogens is 350 g/mol. The quantitative estimate of drug-likeness (QED) is 0.681. The van der Waals surface area contributed by atoms with Crippen molar-refractivity contribution in [2.75, 3.05) is 5.32 Å². The van der Waals surface area contributed by atoms with Gasteiger partial charge in [-0.25, -0.2) is 0 Å². The van der Waals surface area contributed by atoms with Crippen molar-refractivity contribution < 1.29 is 0 Å². The number of thioether (sulfide) groups is 1. The third-order valence-corrected chi connectivity index (χ3v) is 6.63. The van der Waals surface area contributed by atoms with Gasteiger partial charge < -0.3 is 5.32 Å². The molecule has 1 nitrogen and oxygen atoms in total. The fourth-order valence-electron chi connectivity index (χ4n) is 2.76. The molecule has 1 aliphatic rings. The number of hydrogen-bond acceptors (Lipinski definition) is 3. The lowest BCUT2D eigenvalue weighted by molar-refractivity contribution is 0.669. The Labute approximate surface area is 137 Å². The molecule has 3 rings (SSSR count). The van der Waals surface area contributed by atoms with E-state index in [2.05, 4.69) is 65.6 Å². The van der Waals surface area contributed by atoms with Crippen LogP contribution >= 0.6 is 39.0 Å². The van der Waals surface area contributed by atoms with E-state index in [1.54, 1.807) is 0 Å². The summed E-state index contributed by atoms with van der Waals surface area (Å²) in [4.78, 5) is 0. The first-order valence-corrected chi connectivity index (χ1v) is 9.37. The van der Waals surface area contributed by atoms with Crippen molar-refractivity contribution in [3.8, 4) is 0 Å². The summed E-state index contributed by atoms with van der Waals surface area (Å²) in [6.45, 7) is 6.63. The van der Waals surface area contributed by atoms with E-state index in [9.17, 15) is 0 Å². The van der Waals surface area contributed by atoms with Crippen molar-refractivity contribution in [2.24, 2.45) is 0 Å². The van der Waals surface area contributed by atoms with E-state index < -0.39 is 0 Å². The molecule has 0 saturated carbocycles. The van der Waals surface area contributed by atoms with Crippen LogP contribution in [0.5, 0.6) is 0 Å². The van der Waals surface area contributed by atoms with Gasteiger partial charge in [0.25, 0.3) is 0 Å². The Balaban J connectivity index is 1.93. The average Bonchev–Trinajstić information content (AvgIpc) is 2.81. The zero-order valence-corrected chi connectivity index (χ0v) is 15.1. The van der Waals surface area contributed by atoms with Crippen molar-refractivity contribution in [2.45, 2.75) is 42.7 Å². The Bertz CT molecular complexity index is 612. The highest BCUT2D eigenvalue weighted by Crippen LogP contribution is 2.45. The van der Waals surface area contributed by atoms with Gasteiger partial charge in [0, 0.05) is 9.72 Å². The molecule has 1 unspecified atom stereocenters. The van der Waals surface area contributed by atoms with Gasteiger partial charge in [0.15, 0.2) is 0 Å². The topological polar surface area (TPSA) is 12.0 Å². The van der Waals surface area contributed by atoms with E-state index in [0.717, 1.165) is 4.47 Å². The number of hydrogen-bond donors (Lipinski definition) is 1. The molecule has 0 fully saturated rings. The summed E-state index contributed by atoms with van der Waals surface area (Å²) in [6.07, 6.45) is 1.17. The van der Waals surface area contributed by atoms with Crippen LogP contribution in [-0.2, 0) is 0 Å². The number of halogens is 1. The fraction of sp³-hybridized carbons (Fsp3) is 0.375. The SMILES string of the molecule is Cc1cc(C)c(NC2C[C@H](C)Sc3sccc32)c(Br)c1. The van der Waals surface area contributed by atoms with Crippen molar-refractivity contribution in [3.05, 3.63) is 44.7 Å². The van der Waals surface area contributed by atoms with Crippen LogP contribution in [0, 0.1) is 13.8 Å². The molecular formula is C16H18BrNS2.